The van der Waals surface area contributed by atoms with Gasteiger partial charge in [0.1, 0.15) is 10.1 Å². The molecule has 34 heavy (non-hydrogen) atoms. The molecule has 2 aliphatic carbocycles. The summed E-state index contributed by atoms with van der Waals surface area (Å²) in [5, 5.41) is -0.397. The van der Waals surface area contributed by atoms with E-state index in [4.69, 9.17) is 32.7 Å². The molecule has 2 aromatic carbocycles. The molecular formula is C26H20Cl2O6. The summed E-state index contributed by atoms with van der Waals surface area (Å²) in [6.07, 6.45) is 2.78. The summed E-state index contributed by atoms with van der Waals surface area (Å²) in [7, 11) is 0. The van der Waals surface area contributed by atoms with Crippen LogP contribution in [-0.2, 0) is 9.47 Å². The van der Waals surface area contributed by atoms with Crippen LogP contribution in [0.3, 0.4) is 0 Å². The monoisotopic (exact) mass is 498 g/mol. The van der Waals surface area contributed by atoms with Crippen molar-refractivity contribution in [3.8, 4) is 0 Å². The van der Waals surface area contributed by atoms with Crippen LogP contribution in [0.1, 0.15) is 67.1 Å². The van der Waals surface area contributed by atoms with Crippen molar-refractivity contribution in [2.24, 2.45) is 0 Å². The molecule has 4 rings (SSSR count). The van der Waals surface area contributed by atoms with E-state index in [1.165, 1.54) is 0 Å². The fraction of sp³-hybridized carbons (Fsp3) is 0.231. The SMILES string of the molecule is O=C1C(Cl)=C(OCCCCCCOC2=C(Cl)C(=O)c3ccccc3C2=O)C(=O)c2ccccc21. The molecule has 0 heterocycles. The Bertz CT molecular complexity index is 1160. The number of benzene rings is 2. The molecule has 0 unspecified atom stereocenters. The van der Waals surface area contributed by atoms with Gasteiger partial charge in [-0.25, -0.2) is 0 Å². The molecule has 0 aliphatic heterocycles. The Morgan fingerprint density at radius 1 is 0.500 bits per heavy atom. The molecule has 174 valence electrons. The van der Waals surface area contributed by atoms with Crippen LogP contribution in [0.5, 0.6) is 0 Å². The van der Waals surface area contributed by atoms with Crippen molar-refractivity contribution in [2.45, 2.75) is 25.7 Å². The number of carbonyl (C=O) groups excluding carboxylic acids is 4. The van der Waals surface area contributed by atoms with Crippen LogP contribution in [0.25, 0.3) is 0 Å². The van der Waals surface area contributed by atoms with Gasteiger partial charge >= 0.3 is 0 Å². The number of hydrogen-bond acceptors (Lipinski definition) is 6. The van der Waals surface area contributed by atoms with Crippen LogP contribution in [-0.4, -0.2) is 36.3 Å². The maximum atomic E-state index is 12.6. The van der Waals surface area contributed by atoms with Gasteiger partial charge in [-0.2, -0.15) is 0 Å². The van der Waals surface area contributed by atoms with Crippen LogP contribution >= 0.6 is 23.2 Å². The molecule has 2 aromatic rings. The third kappa shape index (κ3) is 4.56. The van der Waals surface area contributed by atoms with Crippen LogP contribution in [0.15, 0.2) is 70.1 Å². The van der Waals surface area contributed by atoms with E-state index in [-0.39, 0.29) is 57.1 Å². The van der Waals surface area contributed by atoms with E-state index < -0.39 is 23.1 Å². The Morgan fingerprint density at radius 2 is 0.824 bits per heavy atom. The summed E-state index contributed by atoms with van der Waals surface area (Å²) in [5.41, 5.74) is 1.13. The van der Waals surface area contributed by atoms with Crippen molar-refractivity contribution in [2.75, 3.05) is 13.2 Å². The Balaban J connectivity index is 1.21. The number of rotatable bonds is 9. The minimum Gasteiger partial charge on any atom is -0.488 e. The second kappa shape index (κ2) is 10.4. The number of fused-ring (bicyclic) bond motifs is 2. The Morgan fingerprint density at radius 3 is 1.18 bits per heavy atom. The zero-order chi connectivity index (χ0) is 24.2. The van der Waals surface area contributed by atoms with E-state index in [1.807, 2.05) is 0 Å². The average molecular weight is 499 g/mol. The third-order valence-corrected chi connectivity index (χ3v) is 6.26. The second-order valence-corrected chi connectivity index (χ2v) is 8.56. The van der Waals surface area contributed by atoms with E-state index in [0.29, 0.717) is 12.8 Å². The quantitative estimate of drug-likeness (QED) is 0.415. The number of hydrogen-bond donors (Lipinski definition) is 0. The molecule has 0 radical (unpaired) electrons. The van der Waals surface area contributed by atoms with Gasteiger partial charge in [0.15, 0.2) is 11.5 Å². The van der Waals surface area contributed by atoms with Crippen LogP contribution in [0.2, 0.25) is 0 Å². The van der Waals surface area contributed by atoms with Gasteiger partial charge in [0.2, 0.25) is 23.1 Å². The smallest absolute Gasteiger partial charge is 0.230 e. The minimum absolute atomic E-state index is 0.115. The number of ketones is 4. The highest BCUT2D eigenvalue weighted by Crippen LogP contribution is 2.30. The number of halogens is 2. The standard InChI is InChI=1S/C26H20Cl2O6/c27-19-21(29)15-9-3-5-11-17(15)23(31)25(19)33-13-7-1-2-8-14-34-26-20(28)22(30)16-10-4-6-12-18(16)24(26)32/h3-6,9-12H,1-2,7-8,13-14H2. The van der Waals surface area contributed by atoms with E-state index >= 15 is 0 Å². The van der Waals surface area contributed by atoms with Gasteiger partial charge in [-0.1, -0.05) is 71.7 Å². The molecule has 0 saturated carbocycles. The molecule has 6 nitrogen and oxygen atoms in total. The lowest BCUT2D eigenvalue weighted by Crippen LogP contribution is -2.22. The number of allylic oxidation sites excluding steroid dienone is 4. The van der Waals surface area contributed by atoms with Gasteiger partial charge in [-0.15, -0.1) is 0 Å². The summed E-state index contributed by atoms with van der Waals surface area (Å²) in [6.45, 7) is 0.461. The van der Waals surface area contributed by atoms with Crippen molar-refractivity contribution in [3.05, 3.63) is 92.4 Å². The summed E-state index contributed by atoms with van der Waals surface area (Å²) >= 11 is 12.2. The van der Waals surface area contributed by atoms with Gasteiger partial charge in [0.25, 0.3) is 0 Å². The molecule has 8 heteroatoms. The molecular weight excluding hydrogens is 479 g/mol. The molecule has 0 bridgehead atoms. The normalized spacial score (nSPS) is 15.5. The lowest BCUT2D eigenvalue weighted by molar-refractivity contribution is 0.0867. The van der Waals surface area contributed by atoms with E-state index in [1.54, 1.807) is 48.5 Å². The largest absolute Gasteiger partial charge is 0.488 e. The maximum absolute atomic E-state index is 12.6. The minimum atomic E-state index is -0.421. The number of Topliss-reactive ketones (excluding diaryl/α,β-unsaturated/α-hetero) is 4. The number of unbranched alkanes of at least 4 members (excludes halogenated alkanes) is 3. The highest BCUT2D eigenvalue weighted by atomic mass is 35.5. The van der Waals surface area contributed by atoms with Crippen LogP contribution in [0.4, 0.5) is 0 Å². The average Bonchev–Trinajstić information content (AvgIpc) is 2.86. The molecule has 0 aromatic heterocycles. The molecule has 0 N–H and O–H groups in total. The first-order valence-corrected chi connectivity index (χ1v) is 11.6. The number of ether oxygens (including phenoxy) is 2. The molecule has 0 spiro atoms. The summed E-state index contributed by atoms with van der Waals surface area (Å²) in [4.78, 5) is 49.9. The van der Waals surface area contributed by atoms with Gasteiger partial charge < -0.3 is 9.47 Å². The van der Waals surface area contributed by atoms with Crippen molar-refractivity contribution in [3.63, 3.8) is 0 Å². The summed E-state index contributed by atoms with van der Waals surface area (Å²) in [5.74, 6) is -1.86. The first-order valence-electron chi connectivity index (χ1n) is 10.8. The molecule has 0 atom stereocenters. The van der Waals surface area contributed by atoms with E-state index in [9.17, 15) is 19.2 Å². The van der Waals surface area contributed by atoms with Gasteiger partial charge in [0, 0.05) is 22.3 Å². The molecule has 0 fully saturated rings. The first kappa shape index (κ1) is 23.9. The Kier molecular flexibility index (Phi) is 7.29. The zero-order valence-electron chi connectivity index (χ0n) is 18.1. The second-order valence-electron chi connectivity index (χ2n) is 7.81. The lowest BCUT2D eigenvalue weighted by atomic mass is 9.93. The van der Waals surface area contributed by atoms with Gasteiger partial charge in [-0.3, -0.25) is 19.2 Å². The fourth-order valence-electron chi connectivity index (χ4n) is 3.81. The number of carbonyl (C=O) groups is 4. The predicted molar refractivity (Wildman–Crippen MR) is 126 cm³/mol. The molecule has 0 amide bonds. The topological polar surface area (TPSA) is 86.7 Å². The Hall–Kier alpha value is -3.22. The van der Waals surface area contributed by atoms with Crippen LogP contribution < -0.4 is 0 Å². The maximum Gasteiger partial charge on any atom is 0.230 e. The summed E-state index contributed by atoms with van der Waals surface area (Å²) < 4.78 is 11.1. The third-order valence-electron chi connectivity index (χ3n) is 5.57. The molecule has 2 aliphatic rings. The first-order chi connectivity index (χ1) is 16.4. The summed E-state index contributed by atoms with van der Waals surface area (Å²) in [6, 6.07) is 13.0. The van der Waals surface area contributed by atoms with E-state index in [2.05, 4.69) is 0 Å². The highest BCUT2D eigenvalue weighted by Gasteiger charge is 2.33. The van der Waals surface area contributed by atoms with E-state index in [0.717, 1.165) is 12.8 Å². The predicted octanol–water partition coefficient (Wildman–Crippen LogP) is 5.64. The lowest BCUT2D eigenvalue weighted by Gasteiger charge is -2.18. The highest BCUT2D eigenvalue weighted by molar-refractivity contribution is 6.50. The van der Waals surface area contributed by atoms with Crippen LogP contribution in [0, 0.1) is 0 Å². The van der Waals surface area contributed by atoms with Crippen molar-refractivity contribution < 1.29 is 28.7 Å². The van der Waals surface area contributed by atoms with Gasteiger partial charge in [-0.05, 0) is 25.7 Å². The fourth-order valence-corrected chi connectivity index (χ4v) is 4.29. The Labute approximate surface area is 206 Å². The molecule has 0 saturated heterocycles. The van der Waals surface area contributed by atoms with Gasteiger partial charge in [0.05, 0.1) is 13.2 Å². The van der Waals surface area contributed by atoms with Crippen molar-refractivity contribution in [1.29, 1.82) is 0 Å². The van der Waals surface area contributed by atoms with Crippen molar-refractivity contribution in [1.82, 2.24) is 0 Å². The zero-order valence-corrected chi connectivity index (χ0v) is 19.6. The van der Waals surface area contributed by atoms with Crippen molar-refractivity contribution >= 4 is 46.3 Å².